The summed E-state index contributed by atoms with van der Waals surface area (Å²) in [6.45, 7) is 4.52. The highest BCUT2D eigenvalue weighted by molar-refractivity contribution is 4.88. The lowest BCUT2D eigenvalue weighted by Crippen LogP contribution is -2.24. The molecule has 1 N–H and O–H groups in total. The van der Waals surface area contributed by atoms with Gasteiger partial charge in [0.25, 0.3) is 0 Å². The van der Waals surface area contributed by atoms with Crippen LogP contribution in [0.2, 0.25) is 0 Å². The van der Waals surface area contributed by atoms with E-state index in [1.165, 1.54) is 57.8 Å². The Bertz CT molecular complexity index is 190. The molecular weight excluding hydrogens is 208 g/mol. The molecule has 2 atom stereocenters. The van der Waals surface area contributed by atoms with Crippen LogP contribution < -0.4 is 0 Å². The second kappa shape index (κ2) is 8.13. The maximum absolute atomic E-state index is 10.4. The number of rotatable bonds is 9. The van der Waals surface area contributed by atoms with Crippen LogP contribution in [0.5, 0.6) is 0 Å². The molecule has 0 radical (unpaired) electrons. The van der Waals surface area contributed by atoms with Crippen LogP contribution in [0.3, 0.4) is 0 Å². The number of hydrogen-bond acceptors (Lipinski definition) is 1. The molecule has 0 bridgehead atoms. The van der Waals surface area contributed by atoms with Crippen molar-refractivity contribution in [3.63, 3.8) is 0 Å². The van der Waals surface area contributed by atoms with E-state index in [0.717, 1.165) is 25.2 Å². The fraction of sp³-hybridized carbons (Fsp3) is 1.00. The molecule has 1 aliphatic carbocycles. The van der Waals surface area contributed by atoms with Gasteiger partial charge in [-0.3, -0.25) is 0 Å². The van der Waals surface area contributed by atoms with Crippen molar-refractivity contribution in [1.29, 1.82) is 0 Å². The molecule has 0 heterocycles. The molecular formula is C16H32O. The smallest absolute Gasteiger partial charge is 0.0650 e. The third-order valence-electron chi connectivity index (χ3n) is 4.51. The van der Waals surface area contributed by atoms with Crippen molar-refractivity contribution in [2.24, 2.45) is 5.92 Å². The topological polar surface area (TPSA) is 20.2 Å². The van der Waals surface area contributed by atoms with E-state index in [2.05, 4.69) is 13.8 Å². The minimum atomic E-state index is -0.288. The minimum Gasteiger partial charge on any atom is -0.390 e. The highest BCUT2D eigenvalue weighted by Crippen LogP contribution is 2.39. The van der Waals surface area contributed by atoms with Crippen molar-refractivity contribution in [2.75, 3.05) is 0 Å². The van der Waals surface area contributed by atoms with Crippen molar-refractivity contribution >= 4 is 0 Å². The van der Waals surface area contributed by atoms with Crippen molar-refractivity contribution < 1.29 is 5.11 Å². The SMILES string of the molecule is CCCCCCCCCC1(O)CCC(CC)C1. The van der Waals surface area contributed by atoms with E-state index in [0.29, 0.717) is 0 Å². The molecule has 1 aliphatic rings. The fourth-order valence-corrected chi connectivity index (χ4v) is 3.20. The monoisotopic (exact) mass is 240 g/mol. The zero-order valence-electron chi connectivity index (χ0n) is 12.0. The highest BCUT2D eigenvalue weighted by atomic mass is 16.3. The Morgan fingerprint density at radius 3 is 2.24 bits per heavy atom. The Hall–Kier alpha value is -0.0400. The predicted molar refractivity (Wildman–Crippen MR) is 75.2 cm³/mol. The summed E-state index contributed by atoms with van der Waals surface area (Å²) >= 11 is 0. The van der Waals surface area contributed by atoms with E-state index in [9.17, 15) is 5.11 Å². The summed E-state index contributed by atoms with van der Waals surface area (Å²) in [6, 6.07) is 0. The Kier molecular flexibility index (Phi) is 7.18. The van der Waals surface area contributed by atoms with Gasteiger partial charge in [-0.25, -0.2) is 0 Å². The zero-order valence-corrected chi connectivity index (χ0v) is 12.0. The third-order valence-corrected chi connectivity index (χ3v) is 4.51. The van der Waals surface area contributed by atoms with Crippen molar-refractivity contribution in [2.45, 2.75) is 96.5 Å². The normalized spacial score (nSPS) is 28.8. The van der Waals surface area contributed by atoms with Crippen molar-refractivity contribution in [3.05, 3.63) is 0 Å². The van der Waals surface area contributed by atoms with Gasteiger partial charge in [0.2, 0.25) is 0 Å². The largest absolute Gasteiger partial charge is 0.390 e. The van der Waals surface area contributed by atoms with Crippen LogP contribution in [0, 0.1) is 5.92 Å². The molecule has 1 heteroatoms. The van der Waals surface area contributed by atoms with E-state index in [4.69, 9.17) is 0 Å². The molecule has 0 aromatic rings. The molecule has 0 aliphatic heterocycles. The maximum atomic E-state index is 10.4. The van der Waals surface area contributed by atoms with Gasteiger partial charge in [0.05, 0.1) is 5.60 Å². The van der Waals surface area contributed by atoms with Gasteiger partial charge in [-0.15, -0.1) is 0 Å². The lowest BCUT2D eigenvalue weighted by Gasteiger charge is -2.22. The summed E-state index contributed by atoms with van der Waals surface area (Å²) in [5.74, 6) is 0.796. The number of aliphatic hydroxyl groups is 1. The van der Waals surface area contributed by atoms with Crippen LogP contribution in [-0.4, -0.2) is 10.7 Å². The molecule has 0 saturated heterocycles. The summed E-state index contributed by atoms with van der Waals surface area (Å²) in [4.78, 5) is 0. The summed E-state index contributed by atoms with van der Waals surface area (Å²) in [7, 11) is 0. The Balaban J connectivity index is 1.99. The highest BCUT2D eigenvalue weighted by Gasteiger charge is 2.35. The van der Waals surface area contributed by atoms with Gasteiger partial charge in [-0.05, 0) is 31.6 Å². The van der Waals surface area contributed by atoms with Crippen LogP contribution >= 0.6 is 0 Å². The van der Waals surface area contributed by atoms with Crippen LogP contribution in [0.25, 0.3) is 0 Å². The summed E-state index contributed by atoms with van der Waals surface area (Å²) in [6.07, 6.45) is 15.1. The first-order valence-electron chi connectivity index (χ1n) is 7.92. The van der Waals surface area contributed by atoms with Gasteiger partial charge in [-0.2, -0.15) is 0 Å². The van der Waals surface area contributed by atoms with E-state index >= 15 is 0 Å². The standard InChI is InChI=1S/C16H32O/c1-3-5-6-7-8-9-10-12-16(17)13-11-15(4-2)14-16/h15,17H,3-14H2,1-2H3. The molecule has 0 amide bonds. The molecule has 1 fully saturated rings. The molecule has 0 aromatic carbocycles. The molecule has 0 spiro atoms. The summed E-state index contributed by atoms with van der Waals surface area (Å²) in [5.41, 5.74) is -0.288. The third kappa shape index (κ3) is 5.90. The summed E-state index contributed by atoms with van der Waals surface area (Å²) in [5, 5.41) is 10.4. The Morgan fingerprint density at radius 1 is 1.00 bits per heavy atom. The number of unbranched alkanes of at least 4 members (excludes halogenated alkanes) is 6. The van der Waals surface area contributed by atoms with E-state index < -0.39 is 0 Å². The average Bonchev–Trinajstić information content (AvgIpc) is 2.70. The molecule has 1 nitrogen and oxygen atoms in total. The first kappa shape index (κ1) is 15.0. The van der Waals surface area contributed by atoms with Crippen molar-refractivity contribution in [3.8, 4) is 0 Å². The quantitative estimate of drug-likeness (QED) is 0.558. The van der Waals surface area contributed by atoms with Crippen LogP contribution in [0.4, 0.5) is 0 Å². The van der Waals surface area contributed by atoms with E-state index in [1.54, 1.807) is 0 Å². The molecule has 0 aromatic heterocycles. The fourth-order valence-electron chi connectivity index (χ4n) is 3.20. The Morgan fingerprint density at radius 2 is 1.65 bits per heavy atom. The van der Waals surface area contributed by atoms with Gasteiger partial charge in [-0.1, -0.05) is 65.2 Å². The first-order valence-corrected chi connectivity index (χ1v) is 7.92. The van der Waals surface area contributed by atoms with Gasteiger partial charge in [0, 0.05) is 0 Å². The second-order valence-corrected chi connectivity index (χ2v) is 6.11. The first-order chi connectivity index (χ1) is 8.20. The lowest BCUT2D eigenvalue weighted by molar-refractivity contribution is 0.0318. The van der Waals surface area contributed by atoms with E-state index in [-0.39, 0.29) is 5.60 Å². The van der Waals surface area contributed by atoms with Gasteiger partial charge in [0.15, 0.2) is 0 Å². The average molecular weight is 240 g/mol. The van der Waals surface area contributed by atoms with Gasteiger partial charge < -0.3 is 5.11 Å². The minimum absolute atomic E-state index is 0.288. The lowest BCUT2D eigenvalue weighted by atomic mass is 9.92. The van der Waals surface area contributed by atoms with E-state index in [1.807, 2.05) is 0 Å². The zero-order chi connectivity index (χ0) is 12.6. The van der Waals surface area contributed by atoms with Gasteiger partial charge in [0.1, 0.15) is 0 Å². The number of hydrogen-bond donors (Lipinski definition) is 1. The molecule has 1 saturated carbocycles. The molecule has 102 valence electrons. The summed E-state index contributed by atoms with van der Waals surface area (Å²) < 4.78 is 0. The van der Waals surface area contributed by atoms with Crippen LogP contribution in [0.15, 0.2) is 0 Å². The maximum Gasteiger partial charge on any atom is 0.0650 e. The molecule has 17 heavy (non-hydrogen) atoms. The Labute approximate surface area is 108 Å². The van der Waals surface area contributed by atoms with Crippen LogP contribution in [-0.2, 0) is 0 Å². The second-order valence-electron chi connectivity index (χ2n) is 6.11. The van der Waals surface area contributed by atoms with Gasteiger partial charge >= 0.3 is 0 Å². The molecule has 2 unspecified atom stereocenters. The predicted octanol–water partition coefficient (Wildman–Crippen LogP) is 5.07. The molecule has 1 rings (SSSR count). The van der Waals surface area contributed by atoms with Crippen molar-refractivity contribution in [1.82, 2.24) is 0 Å². The van der Waals surface area contributed by atoms with Crippen LogP contribution in [0.1, 0.15) is 90.9 Å².